The van der Waals surface area contributed by atoms with Crippen LogP contribution in [0.1, 0.15) is 5.56 Å². The van der Waals surface area contributed by atoms with E-state index in [1.54, 1.807) is 6.07 Å². The van der Waals surface area contributed by atoms with Gasteiger partial charge >= 0.3 is 6.36 Å². The van der Waals surface area contributed by atoms with E-state index in [0.717, 1.165) is 11.1 Å². The third-order valence-corrected chi connectivity index (χ3v) is 2.79. The Balaban J connectivity index is 2.05. The number of halogens is 3. The van der Waals surface area contributed by atoms with Gasteiger partial charge in [0, 0.05) is 6.54 Å². The molecule has 2 rings (SSSR count). The van der Waals surface area contributed by atoms with E-state index < -0.39 is 6.36 Å². The van der Waals surface area contributed by atoms with Crippen molar-refractivity contribution < 1.29 is 17.9 Å². The van der Waals surface area contributed by atoms with Gasteiger partial charge in [0.25, 0.3) is 0 Å². The second-order valence-corrected chi connectivity index (χ2v) is 4.37. The predicted molar refractivity (Wildman–Crippen MR) is 77.1 cm³/mol. The molecule has 0 aliphatic heterocycles. The molecule has 0 aliphatic rings. The maximum atomic E-state index is 12.3. The minimum atomic E-state index is -4.71. The van der Waals surface area contributed by atoms with Gasteiger partial charge < -0.3 is 10.1 Å². The van der Waals surface area contributed by atoms with Crippen molar-refractivity contribution in [1.29, 1.82) is 0 Å². The maximum Gasteiger partial charge on any atom is 0.573 e. The predicted octanol–water partition coefficient (Wildman–Crippen LogP) is 4.71. The van der Waals surface area contributed by atoms with E-state index in [0.29, 0.717) is 6.54 Å². The van der Waals surface area contributed by atoms with Crippen molar-refractivity contribution in [3.05, 3.63) is 66.7 Å². The first-order chi connectivity index (χ1) is 9.96. The number of anilines is 1. The summed E-state index contributed by atoms with van der Waals surface area (Å²) in [7, 11) is 0. The monoisotopic (exact) mass is 293 g/mol. The summed E-state index contributed by atoms with van der Waals surface area (Å²) in [6.07, 6.45) is -4.71. The van der Waals surface area contributed by atoms with Gasteiger partial charge in [0.15, 0.2) is 5.75 Å². The van der Waals surface area contributed by atoms with Crippen LogP contribution in [0, 0.1) is 0 Å². The van der Waals surface area contributed by atoms with Gasteiger partial charge in [0.05, 0.1) is 5.69 Å². The number of nitrogens with one attached hydrogen (secondary N) is 1. The summed E-state index contributed by atoms with van der Waals surface area (Å²) in [6.45, 7) is 4.24. The van der Waals surface area contributed by atoms with Gasteiger partial charge in [-0.25, -0.2) is 0 Å². The maximum absolute atomic E-state index is 12.3. The molecule has 0 amide bonds. The molecule has 2 nitrogen and oxygen atoms in total. The van der Waals surface area contributed by atoms with Crippen molar-refractivity contribution in [2.75, 3.05) is 11.9 Å². The van der Waals surface area contributed by atoms with Crippen LogP contribution >= 0.6 is 0 Å². The van der Waals surface area contributed by atoms with Crippen molar-refractivity contribution in [2.45, 2.75) is 6.36 Å². The highest BCUT2D eigenvalue weighted by Gasteiger charge is 2.32. The lowest BCUT2D eigenvalue weighted by Gasteiger charge is -2.15. The van der Waals surface area contributed by atoms with Crippen LogP contribution in [0.3, 0.4) is 0 Å². The number of benzene rings is 2. The number of hydrogen-bond donors (Lipinski definition) is 1. The van der Waals surface area contributed by atoms with E-state index >= 15 is 0 Å². The quantitative estimate of drug-likeness (QED) is 0.862. The van der Waals surface area contributed by atoms with Crippen LogP contribution in [-0.2, 0) is 0 Å². The smallest absolute Gasteiger partial charge is 0.404 e. The average molecular weight is 293 g/mol. The topological polar surface area (TPSA) is 21.3 Å². The molecule has 2 aromatic rings. The fourth-order valence-corrected chi connectivity index (χ4v) is 1.80. The number of rotatable bonds is 5. The molecule has 0 saturated carbocycles. The molecular weight excluding hydrogens is 279 g/mol. The van der Waals surface area contributed by atoms with Crippen molar-refractivity contribution >= 4 is 11.3 Å². The molecule has 0 aromatic heterocycles. The average Bonchev–Trinajstić information content (AvgIpc) is 2.45. The normalized spacial score (nSPS) is 11.0. The van der Waals surface area contributed by atoms with Crippen LogP contribution in [0.15, 0.2) is 61.2 Å². The molecule has 1 N–H and O–H groups in total. The highest BCUT2D eigenvalue weighted by molar-refractivity contribution is 5.69. The van der Waals surface area contributed by atoms with Crippen LogP contribution in [0.2, 0.25) is 0 Å². The van der Waals surface area contributed by atoms with Gasteiger partial charge in [0.2, 0.25) is 0 Å². The van der Waals surface area contributed by atoms with Gasteiger partial charge in [-0.05, 0) is 23.3 Å². The number of para-hydroxylation sites is 2. The number of ether oxygens (including phenoxy) is 1. The molecule has 0 fully saturated rings. The lowest BCUT2D eigenvalue weighted by atomic mass is 10.1. The lowest BCUT2D eigenvalue weighted by Crippen LogP contribution is -2.18. The molecule has 2 aromatic carbocycles. The Bertz CT molecular complexity index is 608. The van der Waals surface area contributed by atoms with Crippen molar-refractivity contribution in [2.24, 2.45) is 0 Å². The zero-order valence-electron chi connectivity index (χ0n) is 11.2. The Morgan fingerprint density at radius 3 is 2.29 bits per heavy atom. The number of hydrogen-bond acceptors (Lipinski definition) is 2. The Morgan fingerprint density at radius 2 is 1.62 bits per heavy atom. The molecular formula is C16H14F3NO. The molecule has 0 heterocycles. The van der Waals surface area contributed by atoms with Gasteiger partial charge in [-0.3, -0.25) is 0 Å². The zero-order chi connectivity index (χ0) is 15.3. The lowest BCUT2D eigenvalue weighted by molar-refractivity contribution is -0.274. The third-order valence-electron chi connectivity index (χ3n) is 2.79. The largest absolute Gasteiger partial charge is 0.573 e. The van der Waals surface area contributed by atoms with E-state index in [-0.39, 0.29) is 11.4 Å². The Labute approximate surface area is 120 Å². The Morgan fingerprint density at radius 1 is 1.00 bits per heavy atom. The van der Waals surface area contributed by atoms with Crippen LogP contribution in [0.4, 0.5) is 18.9 Å². The second-order valence-electron chi connectivity index (χ2n) is 4.37. The summed E-state index contributed by atoms with van der Waals surface area (Å²) in [6, 6.07) is 15.3. The van der Waals surface area contributed by atoms with E-state index in [2.05, 4.69) is 16.6 Å². The zero-order valence-corrected chi connectivity index (χ0v) is 11.2. The van der Waals surface area contributed by atoms with Crippen LogP contribution in [-0.4, -0.2) is 12.9 Å². The molecule has 110 valence electrons. The molecule has 0 bridgehead atoms. The van der Waals surface area contributed by atoms with Crippen LogP contribution < -0.4 is 10.1 Å². The van der Waals surface area contributed by atoms with Gasteiger partial charge in [-0.1, -0.05) is 49.0 Å². The Hall–Kier alpha value is -2.43. The molecule has 0 radical (unpaired) electrons. The van der Waals surface area contributed by atoms with E-state index in [9.17, 15) is 13.2 Å². The molecule has 21 heavy (non-hydrogen) atoms. The SMILES string of the molecule is C=C(CNc1ccccc1OC(F)(F)F)c1ccccc1. The summed E-state index contributed by atoms with van der Waals surface area (Å²) in [5.74, 6) is -0.258. The molecule has 0 atom stereocenters. The summed E-state index contributed by atoms with van der Waals surface area (Å²) < 4.78 is 40.9. The molecule has 0 aliphatic carbocycles. The highest BCUT2D eigenvalue weighted by atomic mass is 19.4. The molecule has 0 saturated heterocycles. The van der Waals surface area contributed by atoms with Gasteiger partial charge in [-0.2, -0.15) is 0 Å². The van der Waals surface area contributed by atoms with E-state index in [4.69, 9.17) is 0 Å². The molecule has 0 spiro atoms. The summed E-state index contributed by atoms with van der Waals surface area (Å²) in [5, 5.41) is 2.91. The first-order valence-corrected chi connectivity index (χ1v) is 6.27. The third kappa shape index (κ3) is 4.56. The first kappa shape index (κ1) is 15.0. The molecule has 5 heteroatoms. The van der Waals surface area contributed by atoms with Crippen LogP contribution in [0.5, 0.6) is 5.75 Å². The van der Waals surface area contributed by atoms with Crippen molar-refractivity contribution in [3.8, 4) is 5.75 Å². The highest BCUT2D eigenvalue weighted by Crippen LogP contribution is 2.30. The fraction of sp³-hybridized carbons (Fsp3) is 0.125. The van der Waals surface area contributed by atoms with Gasteiger partial charge in [0.1, 0.15) is 0 Å². The Kier molecular flexibility index (Phi) is 4.52. The summed E-state index contributed by atoms with van der Waals surface area (Å²) >= 11 is 0. The second kappa shape index (κ2) is 6.35. The number of alkyl halides is 3. The molecule has 0 unspecified atom stereocenters. The van der Waals surface area contributed by atoms with Crippen molar-refractivity contribution in [1.82, 2.24) is 0 Å². The minimum absolute atomic E-state index is 0.258. The van der Waals surface area contributed by atoms with E-state index in [1.807, 2.05) is 30.3 Å². The fourth-order valence-electron chi connectivity index (χ4n) is 1.80. The first-order valence-electron chi connectivity index (χ1n) is 6.27. The standard InChI is InChI=1S/C16H14F3NO/c1-12(13-7-3-2-4-8-13)11-20-14-9-5-6-10-15(14)21-16(17,18)19/h2-10,20H,1,11H2. The summed E-state index contributed by atoms with van der Waals surface area (Å²) in [5.41, 5.74) is 1.98. The summed E-state index contributed by atoms with van der Waals surface area (Å²) in [4.78, 5) is 0. The minimum Gasteiger partial charge on any atom is -0.404 e. The van der Waals surface area contributed by atoms with Gasteiger partial charge in [-0.15, -0.1) is 13.2 Å². The van der Waals surface area contributed by atoms with Crippen molar-refractivity contribution in [3.63, 3.8) is 0 Å². The van der Waals surface area contributed by atoms with Crippen LogP contribution in [0.25, 0.3) is 5.57 Å². The van der Waals surface area contributed by atoms with E-state index in [1.165, 1.54) is 18.2 Å².